The van der Waals surface area contributed by atoms with Crippen molar-refractivity contribution in [3.8, 4) is 5.75 Å². The summed E-state index contributed by atoms with van der Waals surface area (Å²) in [5, 5.41) is 9.36. The first-order valence-corrected chi connectivity index (χ1v) is 8.75. The highest BCUT2D eigenvalue weighted by Gasteiger charge is 2.23. The molecule has 0 aliphatic carbocycles. The van der Waals surface area contributed by atoms with Gasteiger partial charge in [-0.25, -0.2) is 13.1 Å². The molecule has 2 aromatic rings. The van der Waals surface area contributed by atoms with E-state index in [1.807, 2.05) is 0 Å². The largest absolute Gasteiger partial charge is 0.496 e. The second-order valence-electron chi connectivity index (χ2n) is 5.28. The Labute approximate surface area is 141 Å². The van der Waals surface area contributed by atoms with Crippen LogP contribution in [0, 0.1) is 6.92 Å². The molecule has 2 rings (SSSR count). The van der Waals surface area contributed by atoms with E-state index in [9.17, 15) is 18.3 Å². The molecule has 2 aromatic carbocycles. The molecular formula is C17H19NO5S. The number of sulfonamides is 1. The smallest absolute Gasteiger partial charge is 0.312 e. The minimum Gasteiger partial charge on any atom is -0.496 e. The number of benzene rings is 2. The van der Waals surface area contributed by atoms with Gasteiger partial charge in [-0.2, -0.15) is 0 Å². The molecule has 7 heteroatoms. The van der Waals surface area contributed by atoms with E-state index in [1.54, 1.807) is 43.3 Å². The highest BCUT2D eigenvalue weighted by Crippen LogP contribution is 2.22. The maximum atomic E-state index is 12.4. The summed E-state index contributed by atoms with van der Waals surface area (Å²) in [5.41, 5.74) is 1.22. The van der Waals surface area contributed by atoms with E-state index in [-0.39, 0.29) is 11.4 Å². The topological polar surface area (TPSA) is 92.7 Å². The van der Waals surface area contributed by atoms with Crippen LogP contribution in [0.3, 0.4) is 0 Å². The zero-order valence-electron chi connectivity index (χ0n) is 13.4. The van der Waals surface area contributed by atoms with E-state index in [4.69, 9.17) is 4.74 Å². The van der Waals surface area contributed by atoms with Gasteiger partial charge in [0.25, 0.3) is 0 Å². The minimum atomic E-state index is -3.81. The maximum Gasteiger partial charge on any atom is 0.312 e. The lowest BCUT2D eigenvalue weighted by Gasteiger charge is -2.14. The highest BCUT2D eigenvalue weighted by molar-refractivity contribution is 7.89. The van der Waals surface area contributed by atoms with E-state index in [2.05, 4.69) is 4.72 Å². The number of ether oxygens (including phenoxy) is 1. The lowest BCUT2D eigenvalue weighted by Crippen LogP contribution is -2.31. The van der Waals surface area contributed by atoms with Crippen LogP contribution >= 0.6 is 0 Å². The number of hydrogen-bond donors (Lipinski definition) is 2. The molecule has 1 unspecified atom stereocenters. The standard InChI is InChI=1S/C17H19NO5S/c1-12-10-14(8-9-16(12)23-2)24(21,22)18-11-15(17(19)20)13-6-4-3-5-7-13/h3-10,15,18H,11H2,1-2H3,(H,19,20). The number of nitrogens with one attached hydrogen (secondary N) is 1. The second kappa shape index (κ2) is 7.46. The molecule has 0 fully saturated rings. The summed E-state index contributed by atoms with van der Waals surface area (Å²) in [6, 6.07) is 13.0. The molecule has 0 aliphatic heterocycles. The molecule has 6 nitrogen and oxygen atoms in total. The van der Waals surface area contributed by atoms with Crippen molar-refractivity contribution < 1.29 is 23.1 Å². The van der Waals surface area contributed by atoms with Crippen LogP contribution in [0.25, 0.3) is 0 Å². The van der Waals surface area contributed by atoms with Crippen molar-refractivity contribution in [2.24, 2.45) is 0 Å². The zero-order valence-corrected chi connectivity index (χ0v) is 14.2. The number of carbonyl (C=O) groups is 1. The van der Waals surface area contributed by atoms with Crippen molar-refractivity contribution in [1.82, 2.24) is 4.72 Å². The molecular weight excluding hydrogens is 330 g/mol. The van der Waals surface area contributed by atoms with Crippen molar-refractivity contribution in [2.45, 2.75) is 17.7 Å². The monoisotopic (exact) mass is 349 g/mol. The number of carboxylic acids is 1. The van der Waals surface area contributed by atoms with Gasteiger partial charge in [0.2, 0.25) is 10.0 Å². The van der Waals surface area contributed by atoms with Crippen molar-refractivity contribution in [1.29, 1.82) is 0 Å². The Morgan fingerprint density at radius 2 is 1.88 bits per heavy atom. The van der Waals surface area contributed by atoms with E-state index in [0.29, 0.717) is 16.9 Å². The number of carboxylic acid groups (broad SMARTS) is 1. The molecule has 0 amide bonds. The Bertz CT molecular complexity index is 818. The van der Waals surface area contributed by atoms with Crippen LogP contribution in [0.2, 0.25) is 0 Å². The lowest BCUT2D eigenvalue weighted by atomic mass is 10.00. The zero-order chi connectivity index (χ0) is 17.7. The highest BCUT2D eigenvalue weighted by atomic mass is 32.2. The van der Waals surface area contributed by atoms with Crippen LogP contribution < -0.4 is 9.46 Å². The summed E-state index contributed by atoms with van der Waals surface area (Å²) in [6.07, 6.45) is 0. The summed E-state index contributed by atoms with van der Waals surface area (Å²) in [7, 11) is -2.31. The van der Waals surface area contributed by atoms with Crippen molar-refractivity contribution in [3.05, 3.63) is 59.7 Å². The Morgan fingerprint density at radius 1 is 1.21 bits per heavy atom. The lowest BCUT2D eigenvalue weighted by molar-refractivity contribution is -0.138. The van der Waals surface area contributed by atoms with Gasteiger partial charge in [-0.1, -0.05) is 30.3 Å². The molecule has 0 bridgehead atoms. The average Bonchev–Trinajstić information content (AvgIpc) is 2.55. The molecule has 0 saturated carbocycles. The molecule has 0 spiro atoms. The van der Waals surface area contributed by atoms with Crippen molar-refractivity contribution in [3.63, 3.8) is 0 Å². The minimum absolute atomic E-state index is 0.0676. The van der Waals surface area contributed by atoms with Crippen molar-refractivity contribution in [2.75, 3.05) is 13.7 Å². The Balaban J connectivity index is 2.19. The predicted molar refractivity (Wildman–Crippen MR) is 89.7 cm³/mol. The van der Waals surface area contributed by atoms with Gasteiger partial charge in [0.15, 0.2) is 0 Å². The van der Waals surface area contributed by atoms with Crippen LogP contribution in [0.5, 0.6) is 5.75 Å². The summed E-state index contributed by atoms with van der Waals surface area (Å²) in [4.78, 5) is 11.5. The summed E-state index contributed by atoms with van der Waals surface area (Å²) < 4.78 is 32.3. The third kappa shape index (κ3) is 4.12. The third-order valence-corrected chi connectivity index (χ3v) is 5.08. The number of aryl methyl sites for hydroxylation is 1. The van der Waals surface area contributed by atoms with Gasteiger partial charge in [0.1, 0.15) is 5.75 Å². The predicted octanol–water partition coefficient (Wildman–Crippen LogP) is 2.15. The summed E-state index contributed by atoms with van der Waals surface area (Å²) >= 11 is 0. The van der Waals surface area contributed by atoms with E-state index in [0.717, 1.165) is 0 Å². The Morgan fingerprint density at radius 3 is 2.42 bits per heavy atom. The Hall–Kier alpha value is -2.38. The van der Waals surface area contributed by atoms with E-state index in [1.165, 1.54) is 19.2 Å². The second-order valence-corrected chi connectivity index (χ2v) is 7.05. The molecule has 2 N–H and O–H groups in total. The van der Waals surface area contributed by atoms with Gasteiger partial charge in [0, 0.05) is 6.54 Å². The van der Waals surface area contributed by atoms with Gasteiger partial charge in [0.05, 0.1) is 17.9 Å². The third-order valence-electron chi connectivity index (χ3n) is 3.65. The normalized spacial score (nSPS) is 12.6. The van der Waals surface area contributed by atoms with Gasteiger partial charge < -0.3 is 9.84 Å². The molecule has 0 aromatic heterocycles. The average molecular weight is 349 g/mol. The van der Waals surface area contributed by atoms with Gasteiger partial charge in [-0.15, -0.1) is 0 Å². The summed E-state index contributed by atoms with van der Waals surface area (Å²) in [5.74, 6) is -1.46. The van der Waals surface area contributed by atoms with Crippen LogP contribution in [-0.4, -0.2) is 33.1 Å². The van der Waals surface area contributed by atoms with Crippen LogP contribution in [0.1, 0.15) is 17.0 Å². The summed E-state index contributed by atoms with van der Waals surface area (Å²) in [6.45, 7) is 1.51. The first kappa shape index (κ1) is 18.0. The molecule has 128 valence electrons. The maximum absolute atomic E-state index is 12.4. The van der Waals surface area contributed by atoms with Crippen LogP contribution in [0.4, 0.5) is 0 Å². The van der Waals surface area contributed by atoms with Crippen LogP contribution in [-0.2, 0) is 14.8 Å². The van der Waals surface area contributed by atoms with E-state index < -0.39 is 21.9 Å². The fourth-order valence-electron chi connectivity index (χ4n) is 2.33. The van der Waals surface area contributed by atoms with Gasteiger partial charge in [-0.05, 0) is 36.2 Å². The number of rotatable bonds is 7. The SMILES string of the molecule is COc1ccc(S(=O)(=O)NCC(C(=O)O)c2ccccc2)cc1C. The molecule has 0 radical (unpaired) electrons. The molecule has 0 heterocycles. The first-order valence-electron chi connectivity index (χ1n) is 7.27. The van der Waals surface area contributed by atoms with Gasteiger partial charge >= 0.3 is 5.97 Å². The first-order chi connectivity index (χ1) is 11.3. The molecule has 0 aliphatic rings. The van der Waals surface area contributed by atoms with E-state index >= 15 is 0 Å². The fourth-order valence-corrected chi connectivity index (χ4v) is 3.46. The quantitative estimate of drug-likeness (QED) is 0.799. The number of aliphatic carboxylic acids is 1. The number of hydrogen-bond acceptors (Lipinski definition) is 4. The van der Waals surface area contributed by atoms with Gasteiger partial charge in [-0.3, -0.25) is 4.79 Å². The number of methoxy groups -OCH3 is 1. The Kier molecular flexibility index (Phi) is 5.58. The van der Waals surface area contributed by atoms with Crippen LogP contribution in [0.15, 0.2) is 53.4 Å². The molecule has 1 atom stereocenters. The molecule has 0 saturated heterocycles. The molecule has 24 heavy (non-hydrogen) atoms. The van der Waals surface area contributed by atoms with Crippen molar-refractivity contribution >= 4 is 16.0 Å². The fraction of sp³-hybridized carbons (Fsp3) is 0.235.